The fourth-order valence-electron chi connectivity index (χ4n) is 6.95. The van der Waals surface area contributed by atoms with E-state index in [9.17, 15) is 9.59 Å². The van der Waals surface area contributed by atoms with Crippen molar-refractivity contribution in [3.63, 3.8) is 0 Å². The normalized spacial score (nSPS) is 23.9. The molecule has 2 N–H and O–H groups in total. The Morgan fingerprint density at radius 2 is 1.76 bits per heavy atom. The van der Waals surface area contributed by atoms with Gasteiger partial charge in [0, 0.05) is 18.7 Å². The maximum Gasteiger partial charge on any atom is 0.291 e. The van der Waals surface area contributed by atoms with Gasteiger partial charge < -0.3 is 15.1 Å². The molecule has 228 valence electrons. The van der Waals surface area contributed by atoms with Gasteiger partial charge >= 0.3 is 0 Å². The largest absolute Gasteiger partial charge is 0.352 e. The minimum Gasteiger partial charge on any atom is -0.352 e. The zero-order valence-electron chi connectivity index (χ0n) is 26.0. The topological polar surface area (TPSA) is 119 Å². The highest BCUT2D eigenvalue weighted by atomic mass is 16.2. The van der Waals surface area contributed by atoms with E-state index in [0.717, 1.165) is 70.0 Å². The quantitative estimate of drug-likeness (QED) is 0.442. The zero-order chi connectivity index (χ0) is 29.9. The average Bonchev–Trinajstić information content (AvgIpc) is 3.59. The Balaban J connectivity index is 1.43. The molecule has 42 heavy (non-hydrogen) atoms. The predicted octanol–water partition coefficient (Wildman–Crippen LogP) is 5.27. The number of piperidine rings is 1. The monoisotopic (exact) mass is 576 g/mol. The second-order valence-corrected chi connectivity index (χ2v) is 13.9. The van der Waals surface area contributed by atoms with Gasteiger partial charge in [-0.15, -0.1) is 10.2 Å². The number of hydrogen-bond acceptors (Lipinski definition) is 7. The van der Waals surface area contributed by atoms with Crippen molar-refractivity contribution in [3.8, 4) is 0 Å². The lowest BCUT2D eigenvalue weighted by molar-refractivity contribution is -0.134. The van der Waals surface area contributed by atoms with Crippen LogP contribution in [-0.4, -0.2) is 66.8 Å². The Hall–Kier alpha value is -3.30. The molecule has 0 bridgehead atoms. The van der Waals surface area contributed by atoms with E-state index < -0.39 is 5.66 Å². The van der Waals surface area contributed by atoms with Crippen molar-refractivity contribution in [2.24, 2.45) is 22.2 Å². The van der Waals surface area contributed by atoms with Gasteiger partial charge in [0.05, 0.1) is 12.6 Å². The third kappa shape index (κ3) is 6.52. The molecule has 1 saturated carbocycles. The molecule has 10 nitrogen and oxygen atoms in total. The number of tetrazole rings is 1. The fourth-order valence-corrected chi connectivity index (χ4v) is 6.95. The summed E-state index contributed by atoms with van der Waals surface area (Å²) in [7, 11) is 0. The van der Waals surface area contributed by atoms with Gasteiger partial charge in [0.1, 0.15) is 5.66 Å². The summed E-state index contributed by atoms with van der Waals surface area (Å²) < 4.78 is 0. The summed E-state index contributed by atoms with van der Waals surface area (Å²) >= 11 is 0. The Kier molecular flexibility index (Phi) is 8.99. The van der Waals surface area contributed by atoms with E-state index in [2.05, 4.69) is 70.4 Å². The fraction of sp³-hybridized carbons (Fsp3) is 0.688. The van der Waals surface area contributed by atoms with Crippen molar-refractivity contribution in [1.29, 1.82) is 0 Å². The number of rotatable bonds is 8. The molecule has 3 aliphatic rings. The summed E-state index contributed by atoms with van der Waals surface area (Å²) in [5.41, 5.74) is 1.36. The minimum atomic E-state index is -0.506. The third-order valence-electron chi connectivity index (χ3n) is 9.52. The van der Waals surface area contributed by atoms with Crippen LogP contribution in [0.1, 0.15) is 120 Å². The number of amidine groups is 1. The summed E-state index contributed by atoms with van der Waals surface area (Å²) in [5.74, 6) is 2.12. The zero-order valence-corrected chi connectivity index (χ0v) is 26.0. The lowest BCUT2D eigenvalue weighted by Gasteiger charge is -2.47. The highest BCUT2D eigenvalue weighted by molar-refractivity contribution is 6.39. The number of benzene rings is 1. The standard InChI is InChI=1S/C32H48N8O2/c1-22(2)9-14-26(23-10-12-24(13-11-23)29(41)33-21-27-35-37-38-36-27)40-30(42)28(39-19-7-6-8-20-39)34-32(40)17-15-25(16-18-32)31(3,4)5/h10-13,22,25-26H,6-9,14-21H2,1-5H3,(H,33,41)(H,35,36,37,38)/t25?,26-,32?/m1/s1. The smallest absolute Gasteiger partial charge is 0.291 e. The van der Waals surface area contributed by atoms with Gasteiger partial charge in [-0.1, -0.05) is 52.0 Å². The van der Waals surface area contributed by atoms with E-state index in [1.165, 1.54) is 6.42 Å². The van der Waals surface area contributed by atoms with Crippen LogP contribution >= 0.6 is 0 Å². The number of hydrogen-bond donors (Lipinski definition) is 2. The molecule has 5 rings (SSSR count). The number of aromatic amines is 1. The predicted molar refractivity (Wildman–Crippen MR) is 162 cm³/mol. The van der Waals surface area contributed by atoms with E-state index in [0.29, 0.717) is 29.1 Å². The maximum atomic E-state index is 14.5. The Morgan fingerprint density at radius 1 is 1.07 bits per heavy atom. The van der Waals surface area contributed by atoms with Crippen LogP contribution < -0.4 is 5.32 Å². The van der Waals surface area contributed by atoms with Crippen LogP contribution in [-0.2, 0) is 11.3 Å². The van der Waals surface area contributed by atoms with Crippen molar-refractivity contribution in [2.75, 3.05) is 13.1 Å². The molecule has 1 aromatic heterocycles. The molecule has 1 spiro atoms. The number of nitrogens with one attached hydrogen (secondary N) is 2. The van der Waals surface area contributed by atoms with Crippen LogP contribution in [0.15, 0.2) is 29.3 Å². The van der Waals surface area contributed by atoms with Crippen LogP contribution in [0.5, 0.6) is 0 Å². The molecule has 2 amide bonds. The Bertz CT molecular complexity index is 1230. The van der Waals surface area contributed by atoms with Crippen LogP contribution in [0.25, 0.3) is 0 Å². The molecule has 1 aromatic carbocycles. The number of aliphatic imine (C=N–C) groups is 1. The average molecular weight is 577 g/mol. The number of aromatic nitrogens is 4. The molecule has 2 aromatic rings. The summed E-state index contributed by atoms with van der Waals surface area (Å²) in [6.07, 6.45) is 9.23. The Morgan fingerprint density at radius 3 is 2.36 bits per heavy atom. The molecule has 1 aliphatic carbocycles. The van der Waals surface area contributed by atoms with Crippen molar-refractivity contribution in [3.05, 3.63) is 41.2 Å². The van der Waals surface area contributed by atoms with Crippen molar-refractivity contribution >= 4 is 17.6 Å². The number of carbonyl (C=O) groups excluding carboxylic acids is 2. The maximum absolute atomic E-state index is 14.5. The van der Waals surface area contributed by atoms with Gasteiger partial charge in [-0.2, -0.15) is 5.21 Å². The number of nitrogens with zero attached hydrogens (tertiary/aromatic N) is 6. The molecule has 0 radical (unpaired) electrons. The highest BCUT2D eigenvalue weighted by Crippen LogP contribution is 2.50. The van der Waals surface area contributed by atoms with E-state index in [4.69, 9.17) is 4.99 Å². The summed E-state index contributed by atoms with van der Waals surface area (Å²) in [4.78, 5) is 37.1. The first-order valence-corrected chi connectivity index (χ1v) is 15.9. The van der Waals surface area contributed by atoms with E-state index in [1.54, 1.807) is 0 Å². The third-order valence-corrected chi connectivity index (χ3v) is 9.52. The summed E-state index contributed by atoms with van der Waals surface area (Å²) in [5, 5.41) is 16.6. The Labute approximate surface area is 250 Å². The number of H-pyrrole nitrogens is 1. The van der Waals surface area contributed by atoms with Gasteiger partial charge in [0.15, 0.2) is 11.7 Å². The molecule has 3 heterocycles. The van der Waals surface area contributed by atoms with Gasteiger partial charge in [-0.05, 0) is 92.7 Å². The molecule has 10 heteroatoms. The molecule has 2 fully saturated rings. The van der Waals surface area contributed by atoms with Gasteiger partial charge in [0.2, 0.25) is 0 Å². The van der Waals surface area contributed by atoms with E-state index >= 15 is 0 Å². The SMILES string of the molecule is CC(C)CC[C@H](c1ccc(C(=O)NCc2nn[nH]n2)cc1)N1C(=O)C(N2CCCCC2)=NC12CCC(C(C)(C)C)CC2. The van der Waals surface area contributed by atoms with Crippen molar-refractivity contribution in [2.45, 2.75) is 111 Å². The summed E-state index contributed by atoms with van der Waals surface area (Å²) in [6.45, 7) is 13.5. The van der Waals surface area contributed by atoms with Crippen LogP contribution in [0.3, 0.4) is 0 Å². The first-order chi connectivity index (χ1) is 20.1. The van der Waals surface area contributed by atoms with Gasteiger partial charge in [-0.3, -0.25) is 9.59 Å². The van der Waals surface area contributed by atoms with E-state index in [1.807, 2.05) is 24.3 Å². The number of carbonyl (C=O) groups is 2. The molecule has 1 atom stereocenters. The first-order valence-electron chi connectivity index (χ1n) is 15.9. The molecule has 1 saturated heterocycles. The van der Waals surface area contributed by atoms with Crippen molar-refractivity contribution in [1.82, 2.24) is 35.7 Å². The number of amides is 2. The van der Waals surface area contributed by atoms with Crippen LogP contribution in [0.2, 0.25) is 0 Å². The lowest BCUT2D eigenvalue weighted by atomic mass is 9.69. The first kappa shape index (κ1) is 30.2. The van der Waals surface area contributed by atoms with Crippen LogP contribution in [0.4, 0.5) is 0 Å². The molecule has 2 aliphatic heterocycles. The van der Waals surface area contributed by atoms with Gasteiger partial charge in [-0.25, -0.2) is 4.99 Å². The second-order valence-electron chi connectivity index (χ2n) is 13.9. The lowest BCUT2D eigenvalue weighted by Crippen LogP contribution is -2.52. The summed E-state index contributed by atoms with van der Waals surface area (Å²) in [6, 6.07) is 7.66. The molecule has 0 unspecified atom stereocenters. The van der Waals surface area contributed by atoms with Gasteiger partial charge in [0.25, 0.3) is 11.8 Å². The highest BCUT2D eigenvalue weighted by Gasteiger charge is 2.53. The van der Waals surface area contributed by atoms with Crippen molar-refractivity contribution < 1.29 is 9.59 Å². The van der Waals surface area contributed by atoms with Crippen LogP contribution in [0, 0.1) is 17.3 Å². The van der Waals surface area contributed by atoms with E-state index in [-0.39, 0.29) is 29.8 Å². The molecular weight excluding hydrogens is 528 g/mol. The minimum absolute atomic E-state index is 0.0850. The number of likely N-dealkylation sites (tertiary alicyclic amines) is 1. The molecular formula is C32H48N8O2. The second kappa shape index (κ2) is 12.5.